The number of aromatic nitrogens is 2. The van der Waals surface area contributed by atoms with E-state index in [0.29, 0.717) is 29.6 Å². The van der Waals surface area contributed by atoms with Gasteiger partial charge in [0, 0.05) is 12.1 Å². The molecule has 0 saturated carbocycles. The largest absolute Gasteiger partial charge is 0.337 e. The van der Waals surface area contributed by atoms with Gasteiger partial charge in [0.05, 0.1) is 4.90 Å². The van der Waals surface area contributed by atoms with E-state index in [1.807, 2.05) is 58.0 Å². The van der Waals surface area contributed by atoms with Crippen molar-refractivity contribution < 1.29 is 12.9 Å². The maximum atomic E-state index is 13.5. The Hall–Kier alpha value is -2.51. The Bertz CT molecular complexity index is 1170. The van der Waals surface area contributed by atoms with Crippen LogP contribution in [-0.2, 0) is 10.0 Å². The molecule has 1 aromatic heterocycles. The van der Waals surface area contributed by atoms with Crippen LogP contribution in [0.4, 0.5) is 0 Å². The quantitative estimate of drug-likeness (QED) is 0.632. The van der Waals surface area contributed by atoms with E-state index in [-0.39, 0.29) is 0 Å². The maximum Gasteiger partial charge on any atom is 0.245 e. The molecule has 6 nitrogen and oxygen atoms in total. The highest BCUT2D eigenvalue weighted by molar-refractivity contribution is 7.89. The van der Waals surface area contributed by atoms with Crippen LogP contribution < -0.4 is 0 Å². The average Bonchev–Trinajstić information content (AvgIpc) is 3.33. The molecule has 0 aliphatic carbocycles. The molecule has 1 atom stereocenters. The van der Waals surface area contributed by atoms with E-state index in [9.17, 15) is 8.42 Å². The van der Waals surface area contributed by atoms with E-state index >= 15 is 0 Å². The minimum atomic E-state index is -3.66. The summed E-state index contributed by atoms with van der Waals surface area (Å²) in [6.45, 7) is 8.21. The summed E-state index contributed by atoms with van der Waals surface area (Å²) in [6, 6.07) is 11.1. The SMILES string of the molecule is Cc1cccc(-c2noc([C@@H]3CCCN3S(=O)(=O)c3cc(C)c(C)cc3C)n2)c1. The average molecular weight is 412 g/mol. The highest BCUT2D eigenvalue weighted by atomic mass is 32.2. The van der Waals surface area contributed by atoms with Gasteiger partial charge in [-0.05, 0) is 69.4 Å². The Morgan fingerprint density at radius 1 is 1.03 bits per heavy atom. The third-order valence-electron chi connectivity index (χ3n) is 5.58. The molecule has 7 heteroatoms. The molecule has 1 aliphatic rings. The zero-order valence-corrected chi connectivity index (χ0v) is 18.0. The predicted octanol–water partition coefficient (Wildman–Crippen LogP) is 4.50. The van der Waals surface area contributed by atoms with Crippen LogP contribution in [0.5, 0.6) is 0 Å². The molecular formula is C22H25N3O3S. The molecule has 0 spiro atoms. The van der Waals surface area contributed by atoms with Crippen molar-refractivity contribution in [1.82, 2.24) is 14.4 Å². The van der Waals surface area contributed by atoms with Gasteiger partial charge >= 0.3 is 0 Å². The molecule has 3 aromatic rings. The number of nitrogens with zero attached hydrogens (tertiary/aromatic N) is 3. The lowest BCUT2D eigenvalue weighted by molar-refractivity contribution is 0.290. The summed E-state index contributed by atoms with van der Waals surface area (Å²) >= 11 is 0. The topological polar surface area (TPSA) is 76.3 Å². The Morgan fingerprint density at radius 2 is 1.79 bits per heavy atom. The normalized spacial score (nSPS) is 17.7. The Morgan fingerprint density at radius 3 is 2.55 bits per heavy atom. The van der Waals surface area contributed by atoms with Crippen molar-refractivity contribution in [2.45, 2.75) is 51.5 Å². The lowest BCUT2D eigenvalue weighted by Gasteiger charge is -2.23. The van der Waals surface area contributed by atoms with Crippen molar-refractivity contribution in [3.8, 4) is 11.4 Å². The molecule has 0 unspecified atom stereocenters. The van der Waals surface area contributed by atoms with Crippen LogP contribution in [-0.4, -0.2) is 29.4 Å². The zero-order valence-electron chi connectivity index (χ0n) is 17.1. The predicted molar refractivity (Wildman–Crippen MR) is 111 cm³/mol. The second-order valence-corrected chi connectivity index (χ2v) is 9.66. The number of aryl methyl sites for hydroxylation is 4. The second-order valence-electron chi connectivity index (χ2n) is 7.80. The van der Waals surface area contributed by atoms with E-state index in [0.717, 1.165) is 34.2 Å². The number of hydrogen-bond acceptors (Lipinski definition) is 5. The van der Waals surface area contributed by atoms with Crippen molar-refractivity contribution in [2.24, 2.45) is 0 Å². The summed E-state index contributed by atoms with van der Waals surface area (Å²) in [6.07, 6.45) is 1.43. The van der Waals surface area contributed by atoms with E-state index in [1.54, 1.807) is 6.07 Å². The van der Waals surface area contributed by atoms with Gasteiger partial charge in [-0.2, -0.15) is 9.29 Å². The molecule has 1 fully saturated rings. The molecule has 1 aliphatic heterocycles. The molecule has 29 heavy (non-hydrogen) atoms. The van der Waals surface area contributed by atoms with Gasteiger partial charge in [0.2, 0.25) is 21.7 Å². The molecule has 2 heterocycles. The molecule has 0 N–H and O–H groups in total. The van der Waals surface area contributed by atoms with Crippen LogP contribution in [0.15, 0.2) is 45.8 Å². The van der Waals surface area contributed by atoms with Gasteiger partial charge in [0.1, 0.15) is 6.04 Å². The first-order valence-electron chi connectivity index (χ1n) is 9.77. The van der Waals surface area contributed by atoms with Crippen molar-refractivity contribution in [3.05, 3.63) is 64.5 Å². The molecule has 0 radical (unpaired) electrons. The summed E-state index contributed by atoms with van der Waals surface area (Å²) < 4.78 is 33.9. The fraction of sp³-hybridized carbons (Fsp3) is 0.364. The zero-order chi connectivity index (χ0) is 20.8. The molecule has 4 rings (SSSR count). The number of sulfonamides is 1. The van der Waals surface area contributed by atoms with Crippen LogP contribution in [0.2, 0.25) is 0 Å². The summed E-state index contributed by atoms with van der Waals surface area (Å²) in [5.41, 5.74) is 4.76. The Labute approximate surface area is 171 Å². The Kier molecular flexibility index (Phi) is 5.04. The van der Waals surface area contributed by atoms with Crippen molar-refractivity contribution in [2.75, 3.05) is 6.54 Å². The summed E-state index contributed by atoms with van der Waals surface area (Å²) in [4.78, 5) is 4.88. The third kappa shape index (κ3) is 3.60. The lowest BCUT2D eigenvalue weighted by atomic mass is 10.1. The van der Waals surface area contributed by atoms with Gasteiger partial charge in [-0.3, -0.25) is 0 Å². The van der Waals surface area contributed by atoms with Crippen LogP contribution >= 0.6 is 0 Å². The standard InChI is InChI=1S/C22H25N3O3S/c1-14-7-5-8-18(11-14)21-23-22(28-24-21)19-9-6-10-25(19)29(26,27)20-13-16(3)15(2)12-17(20)4/h5,7-8,11-13,19H,6,9-10H2,1-4H3/t19-/m0/s1. The first kappa shape index (κ1) is 19.8. The molecule has 0 bridgehead atoms. The van der Waals surface area contributed by atoms with E-state index < -0.39 is 16.1 Å². The maximum absolute atomic E-state index is 13.5. The van der Waals surface area contributed by atoms with Crippen molar-refractivity contribution in [1.29, 1.82) is 0 Å². The fourth-order valence-corrected chi connectivity index (χ4v) is 5.83. The minimum Gasteiger partial charge on any atom is -0.337 e. The van der Waals surface area contributed by atoms with Crippen LogP contribution in [0.1, 0.15) is 47.0 Å². The monoisotopic (exact) mass is 411 g/mol. The summed E-state index contributed by atoms with van der Waals surface area (Å²) in [5.74, 6) is 0.833. The van der Waals surface area contributed by atoms with E-state index in [4.69, 9.17) is 4.52 Å². The van der Waals surface area contributed by atoms with Crippen LogP contribution in [0.25, 0.3) is 11.4 Å². The van der Waals surface area contributed by atoms with Gasteiger partial charge < -0.3 is 4.52 Å². The van der Waals surface area contributed by atoms with E-state index in [2.05, 4.69) is 10.1 Å². The highest BCUT2D eigenvalue weighted by Gasteiger charge is 2.40. The highest BCUT2D eigenvalue weighted by Crippen LogP contribution is 2.37. The van der Waals surface area contributed by atoms with Crippen molar-refractivity contribution >= 4 is 10.0 Å². The fourth-order valence-electron chi connectivity index (χ4n) is 3.88. The summed E-state index contributed by atoms with van der Waals surface area (Å²) in [7, 11) is -3.66. The van der Waals surface area contributed by atoms with Crippen LogP contribution in [0, 0.1) is 27.7 Å². The van der Waals surface area contributed by atoms with Gasteiger partial charge in [-0.15, -0.1) is 0 Å². The first-order chi connectivity index (χ1) is 13.8. The number of hydrogen-bond donors (Lipinski definition) is 0. The molecule has 0 amide bonds. The third-order valence-corrected chi connectivity index (χ3v) is 7.63. The molecule has 1 saturated heterocycles. The second kappa shape index (κ2) is 7.39. The molecule has 2 aromatic carbocycles. The van der Waals surface area contributed by atoms with Gasteiger partial charge in [0.15, 0.2) is 0 Å². The number of benzene rings is 2. The minimum absolute atomic E-state index is 0.351. The Balaban J connectivity index is 1.69. The van der Waals surface area contributed by atoms with Gasteiger partial charge in [-0.25, -0.2) is 8.42 Å². The first-order valence-corrected chi connectivity index (χ1v) is 11.2. The van der Waals surface area contributed by atoms with E-state index in [1.165, 1.54) is 4.31 Å². The number of rotatable bonds is 4. The smallest absolute Gasteiger partial charge is 0.245 e. The molecule has 152 valence electrons. The van der Waals surface area contributed by atoms with Crippen molar-refractivity contribution in [3.63, 3.8) is 0 Å². The summed E-state index contributed by atoms with van der Waals surface area (Å²) in [5, 5.41) is 4.10. The van der Waals surface area contributed by atoms with Gasteiger partial charge in [0.25, 0.3) is 0 Å². The van der Waals surface area contributed by atoms with Gasteiger partial charge in [-0.1, -0.05) is 35.0 Å². The molecular weight excluding hydrogens is 386 g/mol. The lowest BCUT2D eigenvalue weighted by Crippen LogP contribution is -2.31. The van der Waals surface area contributed by atoms with Crippen LogP contribution in [0.3, 0.4) is 0 Å².